The van der Waals surface area contributed by atoms with Crippen molar-refractivity contribution < 1.29 is 4.79 Å². The summed E-state index contributed by atoms with van der Waals surface area (Å²) in [6, 6.07) is 0. The molecule has 0 saturated carbocycles. The molecule has 0 bridgehead atoms. The third-order valence-corrected chi connectivity index (χ3v) is 2.14. The van der Waals surface area contributed by atoms with Crippen molar-refractivity contribution in [1.82, 2.24) is 14.9 Å². The molecule has 1 amide bonds. The van der Waals surface area contributed by atoms with Gasteiger partial charge < -0.3 is 9.80 Å². The molecule has 0 aliphatic rings. The summed E-state index contributed by atoms with van der Waals surface area (Å²) in [7, 11) is 5.15. The van der Waals surface area contributed by atoms with E-state index < -0.39 is 0 Å². The Morgan fingerprint density at radius 2 is 1.93 bits per heavy atom. The monoisotopic (exact) mass is 228 g/mol. The van der Waals surface area contributed by atoms with E-state index in [4.69, 9.17) is 11.6 Å². The molecule has 1 aromatic heterocycles. The van der Waals surface area contributed by atoms with Crippen molar-refractivity contribution >= 4 is 23.3 Å². The maximum Gasteiger partial charge on any atom is 0.241 e. The molecule has 6 heteroatoms. The van der Waals surface area contributed by atoms with Crippen LogP contribution in [-0.4, -0.2) is 48.5 Å². The van der Waals surface area contributed by atoms with Gasteiger partial charge in [0.05, 0.1) is 6.54 Å². The normalized spacial score (nSPS) is 9.87. The summed E-state index contributed by atoms with van der Waals surface area (Å²) in [6.45, 7) is 0.228. The highest BCUT2D eigenvalue weighted by molar-refractivity contribution is 6.31. The second-order valence-electron chi connectivity index (χ2n) is 3.31. The molecule has 0 spiro atoms. The molecule has 0 N–H and O–H groups in total. The number of carbonyl (C=O) groups excluding carboxylic acids is 1. The van der Waals surface area contributed by atoms with Gasteiger partial charge in [0.2, 0.25) is 5.91 Å². The van der Waals surface area contributed by atoms with E-state index in [9.17, 15) is 4.79 Å². The summed E-state index contributed by atoms with van der Waals surface area (Å²) >= 11 is 5.84. The van der Waals surface area contributed by atoms with Gasteiger partial charge in [-0.25, -0.2) is 9.97 Å². The standard InChI is InChI=1S/C9H13ClN4O/c1-13(2)7(15)6-14(3)9-8(10)11-4-5-12-9/h4-5H,6H2,1-3H3. The van der Waals surface area contributed by atoms with Crippen LogP contribution >= 0.6 is 11.6 Å². The van der Waals surface area contributed by atoms with Crippen molar-refractivity contribution in [3.63, 3.8) is 0 Å². The summed E-state index contributed by atoms with van der Waals surface area (Å²) in [5.41, 5.74) is 0. The molecule has 1 aromatic rings. The molecular weight excluding hydrogens is 216 g/mol. The molecule has 0 saturated heterocycles. The first-order valence-corrected chi connectivity index (χ1v) is 4.78. The Kier molecular flexibility index (Phi) is 3.85. The highest BCUT2D eigenvalue weighted by atomic mass is 35.5. The van der Waals surface area contributed by atoms with Crippen molar-refractivity contribution in [2.45, 2.75) is 0 Å². The van der Waals surface area contributed by atoms with E-state index in [1.807, 2.05) is 0 Å². The van der Waals surface area contributed by atoms with Crippen LogP contribution in [0.5, 0.6) is 0 Å². The number of amides is 1. The van der Waals surface area contributed by atoms with Crippen LogP contribution in [0.4, 0.5) is 5.82 Å². The average Bonchev–Trinajstić information content (AvgIpc) is 2.18. The Hall–Kier alpha value is -1.36. The Bertz CT molecular complexity index is 356. The van der Waals surface area contributed by atoms with Gasteiger partial charge in [-0.15, -0.1) is 0 Å². The second-order valence-corrected chi connectivity index (χ2v) is 3.67. The van der Waals surface area contributed by atoms with Crippen molar-refractivity contribution in [2.75, 3.05) is 32.6 Å². The van der Waals surface area contributed by atoms with Crippen LogP contribution in [0.25, 0.3) is 0 Å². The molecule has 1 rings (SSSR count). The number of aromatic nitrogens is 2. The number of nitrogens with zero attached hydrogens (tertiary/aromatic N) is 4. The topological polar surface area (TPSA) is 49.3 Å². The minimum Gasteiger partial charge on any atom is -0.348 e. The Labute approximate surface area is 93.7 Å². The van der Waals surface area contributed by atoms with Crippen LogP contribution in [0, 0.1) is 0 Å². The minimum atomic E-state index is -0.0146. The number of hydrogen-bond donors (Lipinski definition) is 0. The van der Waals surface area contributed by atoms with E-state index in [1.165, 1.54) is 17.3 Å². The summed E-state index contributed by atoms with van der Waals surface area (Å²) in [5.74, 6) is 0.494. The predicted octanol–water partition coefficient (Wildman–Crippen LogP) is 0.654. The molecule has 0 aromatic carbocycles. The van der Waals surface area contributed by atoms with E-state index in [1.54, 1.807) is 26.0 Å². The molecule has 1 heterocycles. The summed E-state index contributed by atoms with van der Waals surface area (Å²) in [5, 5.41) is 0.298. The fraction of sp³-hybridized carbons (Fsp3) is 0.444. The Balaban J connectivity index is 2.73. The van der Waals surface area contributed by atoms with E-state index >= 15 is 0 Å². The number of hydrogen-bond acceptors (Lipinski definition) is 4. The molecule has 0 aliphatic heterocycles. The molecule has 5 nitrogen and oxygen atoms in total. The number of rotatable bonds is 3. The van der Waals surface area contributed by atoms with Crippen LogP contribution in [0.2, 0.25) is 5.15 Å². The second kappa shape index (κ2) is 4.93. The van der Waals surface area contributed by atoms with Crippen LogP contribution < -0.4 is 4.90 Å². The molecule has 0 unspecified atom stereocenters. The SMILES string of the molecule is CN(C)C(=O)CN(C)c1nccnc1Cl. The lowest BCUT2D eigenvalue weighted by molar-refractivity contribution is -0.127. The fourth-order valence-corrected chi connectivity index (χ4v) is 1.24. The zero-order chi connectivity index (χ0) is 11.4. The largest absolute Gasteiger partial charge is 0.348 e. The Morgan fingerprint density at radius 3 is 2.47 bits per heavy atom. The van der Waals surface area contributed by atoms with Gasteiger partial charge in [-0.2, -0.15) is 0 Å². The van der Waals surface area contributed by atoms with Crippen molar-refractivity contribution in [2.24, 2.45) is 0 Å². The molecule has 0 atom stereocenters. The van der Waals surface area contributed by atoms with Crippen molar-refractivity contribution in [1.29, 1.82) is 0 Å². The van der Waals surface area contributed by atoms with Gasteiger partial charge in [-0.1, -0.05) is 11.6 Å². The number of carbonyl (C=O) groups is 1. The number of halogens is 1. The lowest BCUT2D eigenvalue weighted by Gasteiger charge is -2.20. The maximum atomic E-state index is 11.4. The van der Waals surface area contributed by atoms with Crippen LogP contribution in [-0.2, 0) is 4.79 Å². The van der Waals surface area contributed by atoms with Gasteiger partial charge in [0, 0.05) is 33.5 Å². The van der Waals surface area contributed by atoms with Gasteiger partial charge in [-0.3, -0.25) is 4.79 Å². The van der Waals surface area contributed by atoms with Crippen LogP contribution in [0.15, 0.2) is 12.4 Å². The van der Waals surface area contributed by atoms with E-state index in [0.717, 1.165) is 0 Å². The molecule has 82 valence electrons. The summed E-state index contributed by atoms with van der Waals surface area (Å²) < 4.78 is 0. The minimum absolute atomic E-state index is 0.0146. The molecular formula is C9H13ClN4O. The zero-order valence-corrected chi connectivity index (χ0v) is 9.69. The predicted molar refractivity (Wildman–Crippen MR) is 59.0 cm³/mol. The van der Waals surface area contributed by atoms with E-state index in [-0.39, 0.29) is 12.5 Å². The first kappa shape index (κ1) is 11.7. The van der Waals surface area contributed by atoms with E-state index in [2.05, 4.69) is 9.97 Å². The third kappa shape index (κ3) is 3.06. The van der Waals surface area contributed by atoms with Gasteiger partial charge in [0.15, 0.2) is 11.0 Å². The lowest BCUT2D eigenvalue weighted by atomic mass is 10.4. The molecule has 0 radical (unpaired) electrons. The summed E-state index contributed by atoms with van der Waals surface area (Å²) in [4.78, 5) is 22.5. The quantitative estimate of drug-likeness (QED) is 0.763. The Morgan fingerprint density at radius 1 is 1.33 bits per heavy atom. The van der Waals surface area contributed by atoms with E-state index in [0.29, 0.717) is 11.0 Å². The number of anilines is 1. The van der Waals surface area contributed by atoms with Gasteiger partial charge in [0.1, 0.15) is 0 Å². The van der Waals surface area contributed by atoms with Crippen LogP contribution in [0.3, 0.4) is 0 Å². The highest BCUT2D eigenvalue weighted by Gasteiger charge is 2.12. The average molecular weight is 229 g/mol. The van der Waals surface area contributed by atoms with Gasteiger partial charge >= 0.3 is 0 Å². The van der Waals surface area contributed by atoms with Gasteiger partial charge in [-0.05, 0) is 0 Å². The van der Waals surface area contributed by atoms with Gasteiger partial charge in [0.25, 0.3) is 0 Å². The highest BCUT2D eigenvalue weighted by Crippen LogP contribution is 2.17. The summed E-state index contributed by atoms with van der Waals surface area (Å²) in [6.07, 6.45) is 3.05. The smallest absolute Gasteiger partial charge is 0.241 e. The maximum absolute atomic E-state index is 11.4. The first-order chi connectivity index (χ1) is 7.02. The molecule has 0 fully saturated rings. The first-order valence-electron chi connectivity index (χ1n) is 4.40. The zero-order valence-electron chi connectivity index (χ0n) is 8.94. The van der Waals surface area contributed by atoms with Crippen molar-refractivity contribution in [3.05, 3.63) is 17.5 Å². The third-order valence-electron chi connectivity index (χ3n) is 1.87. The lowest BCUT2D eigenvalue weighted by Crippen LogP contribution is -2.34. The molecule has 15 heavy (non-hydrogen) atoms. The number of likely N-dealkylation sites (N-methyl/N-ethyl adjacent to an activating group) is 2. The van der Waals surface area contributed by atoms with Crippen LogP contribution in [0.1, 0.15) is 0 Å². The fourth-order valence-electron chi connectivity index (χ4n) is 0.989. The van der Waals surface area contributed by atoms with Crippen molar-refractivity contribution in [3.8, 4) is 0 Å². The molecule has 0 aliphatic carbocycles.